The van der Waals surface area contributed by atoms with E-state index in [1.807, 2.05) is 6.92 Å². The summed E-state index contributed by atoms with van der Waals surface area (Å²) in [7, 11) is 0. The van der Waals surface area contributed by atoms with Crippen molar-refractivity contribution in [2.24, 2.45) is 0 Å². The molecular formula is C12H14BrNO. The predicted octanol–water partition coefficient (Wildman–Crippen LogP) is 3.57. The first-order valence-corrected chi connectivity index (χ1v) is 5.52. The summed E-state index contributed by atoms with van der Waals surface area (Å²) in [5.74, 6) is 0.0946. The highest BCUT2D eigenvalue weighted by atomic mass is 79.9. The third-order valence-electron chi connectivity index (χ3n) is 2.07. The zero-order valence-electron chi connectivity index (χ0n) is 8.72. The highest BCUT2D eigenvalue weighted by molar-refractivity contribution is 9.10. The Labute approximate surface area is 98.3 Å². The first-order chi connectivity index (χ1) is 7.00. The lowest BCUT2D eigenvalue weighted by atomic mass is 10.0. The third-order valence-corrected chi connectivity index (χ3v) is 2.76. The molecule has 1 rings (SSSR count). The van der Waals surface area contributed by atoms with Gasteiger partial charge in [0.05, 0.1) is 0 Å². The van der Waals surface area contributed by atoms with Gasteiger partial charge in [0.15, 0.2) is 5.78 Å². The first kappa shape index (κ1) is 12.0. The summed E-state index contributed by atoms with van der Waals surface area (Å²) in [6, 6.07) is 5.26. The first-order valence-electron chi connectivity index (χ1n) is 4.73. The number of halogens is 1. The van der Waals surface area contributed by atoms with E-state index < -0.39 is 0 Å². The maximum absolute atomic E-state index is 11.8. The molecule has 3 heteroatoms. The van der Waals surface area contributed by atoms with Crippen molar-refractivity contribution in [2.75, 3.05) is 5.73 Å². The van der Waals surface area contributed by atoms with Crippen molar-refractivity contribution in [3.8, 4) is 0 Å². The quantitative estimate of drug-likeness (QED) is 0.515. The second kappa shape index (κ2) is 5.12. The van der Waals surface area contributed by atoms with Gasteiger partial charge in [-0.1, -0.05) is 21.5 Å². The zero-order chi connectivity index (χ0) is 11.4. The minimum Gasteiger partial charge on any atom is -0.399 e. The molecule has 0 heterocycles. The standard InChI is InChI=1S/C12H14BrNO/c1-8(2)3-6-12(15)10-7-9(14)4-5-11(10)13/h4-5,7H,1,3,6,14H2,2H3. The van der Waals surface area contributed by atoms with Crippen molar-refractivity contribution in [3.05, 3.63) is 40.4 Å². The third kappa shape index (κ3) is 3.51. The van der Waals surface area contributed by atoms with Crippen LogP contribution in [0.1, 0.15) is 30.1 Å². The summed E-state index contributed by atoms with van der Waals surface area (Å²) in [6.45, 7) is 5.69. The summed E-state index contributed by atoms with van der Waals surface area (Å²) < 4.78 is 0.795. The Morgan fingerprint density at radius 2 is 2.13 bits per heavy atom. The molecule has 1 aromatic carbocycles. The normalized spacial score (nSPS) is 10.0. The SMILES string of the molecule is C=C(C)CCC(=O)c1cc(N)ccc1Br. The highest BCUT2D eigenvalue weighted by Crippen LogP contribution is 2.21. The molecule has 0 aromatic heterocycles. The molecule has 15 heavy (non-hydrogen) atoms. The van der Waals surface area contributed by atoms with E-state index in [1.165, 1.54) is 0 Å². The Morgan fingerprint density at radius 3 is 2.73 bits per heavy atom. The number of nitrogens with two attached hydrogens (primary N) is 1. The molecule has 0 spiro atoms. The minimum absolute atomic E-state index is 0.0946. The van der Waals surface area contributed by atoms with E-state index in [1.54, 1.807) is 18.2 Å². The number of ketones is 1. The van der Waals surface area contributed by atoms with Gasteiger partial charge in [0.2, 0.25) is 0 Å². The number of nitrogen functional groups attached to an aromatic ring is 1. The Morgan fingerprint density at radius 1 is 1.47 bits per heavy atom. The summed E-state index contributed by atoms with van der Waals surface area (Å²) in [4.78, 5) is 11.8. The number of carbonyl (C=O) groups is 1. The molecule has 0 aliphatic rings. The second-order valence-corrected chi connectivity index (χ2v) is 4.47. The molecule has 0 fully saturated rings. The van der Waals surface area contributed by atoms with Gasteiger partial charge in [-0.05, 0) is 31.5 Å². The van der Waals surface area contributed by atoms with Crippen molar-refractivity contribution in [1.29, 1.82) is 0 Å². The molecule has 2 N–H and O–H groups in total. The minimum atomic E-state index is 0.0946. The van der Waals surface area contributed by atoms with E-state index >= 15 is 0 Å². The van der Waals surface area contributed by atoms with Gasteiger partial charge >= 0.3 is 0 Å². The molecule has 0 aliphatic carbocycles. The monoisotopic (exact) mass is 267 g/mol. The average Bonchev–Trinajstić information content (AvgIpc) is 2.18. The molecule has 80 valence electrons. The molecule has 0 unspecified atom stereocenters. The molecule has 0 atom stereocenters. The van der Waals surface area contributed by atoms with Crippen LogP contribution in [-0.4, -0.2) is 5.78 Å². The number of carbonyl (C=O) groups excluding carboxylic acids is 1. The summed E-state index contributed by atoms with van der Waals surface area (Å²) in [5.41, 5.74) is 7.91. The number of hydrogen-bond acceptors (Lipinski definition) is 2. The van der Waals surface area contributed by atoms with Crippen LogP contribution < -0.4 is 5.73 Å². The van der Waals surface area contributed by atoms with Gasteiger partial charge in [-0.15, -0.1) is 6.58 Å². The molecule has 0 radical (unpaired) electrons. The molecule has 1 aromatic rings. The number of rotatable bonds is 4. The van der Waals surface area contributed by atoms with Gasteiger partial charge in [0, 0.05) is 22.1 Å². The topological polar surface area (TPSA) is 43.1 Å². The lowest BCUT2D eigenvalue weighted by molar-refractivity contribution is 0.0982. The number of hydrogen-bond donors (Lipinski definition) is 1. The fraction of sp³-hybridized carbons (Fsp3) is 0.250. The Hall–Kier alpha value is -1.09. The maximum atomic E-state index is 11.8. The number of Topliss-reactive ketones (excluding diaryl/α,β-unsaturated/α-hetero) is 1. The van der Waals surface area contributed by atoms with E-state index in [9.17, 15) is 4.79 Å². The smallest absolute Gasteiger partial charge is 0.164 e. The van der Waals surface area contributed by atoms with Crippen LogP contribution in [0.2, 0.25) is 0 Å². The van der Waals surface area contributed by atoms with Gasteiger partial charge in [0.1, 0.15) is 0 Å². The molecule has 0 aliphatic heterocycles. The zero-order valence-corrected chi connectivity index (χ0v) is 10.3. The van der Waals surface area contributed by atoms with Crippen LogP contribution >= 0.6 is 15.9 Å². The Bertz CT molecular complexity index is 399. The summed E-state index contributed by atoms with van der Waals surface area (Å²) >= 11 is 3.34. The van der Waals surface area contributed by atoms with Crippen LogP contribution in [0.4, 0.5) is 5.69 Å². The molecular weight excluding hydrogens is 254 g/mol. The predicted molar refractivity (Wildman–Crippen MR) is 66.9 cm³/mol. The van der Waals surface area contributed by atoms with Crippen LogP contribution in [0.25, 0.3) is 0 Å². The van der Waals surface area contributed by atoms with Crippen LogP contribution in [0.5, 0.6) is 0 Å². The number of anilines is 1. The lowest BCUT2D eigenvalue weighted by Crippen LogP contribution is -2.01. The van der Waals surface area contributed by atoms with E-state index in [4.69, 9.17) is 5.73 Å². The molecule has 0 saturated heterocycles. The molecule has 0 saturated carbocycles. The van der Waals surface area contributed by atoms with Crippen molar-refractivity contribution in [1.82, 2.24) is 0 Å². The number of allylic oxidation sites excluding steroid dienone is 1. The van der Waals surface area contributed by atoms with Gasteiger partial charge in [-0.3, -0.25) is 4.79 Å². The van der Waals surface area contributed by atoms with E-state index in [0.717, 1.165) is 16.5 Å². The van der Waals surface area contributed by atoms with Gasteiger partial charge in [0.25, 0.3) is 0 Å². The fourth-order valence-corrected chi connectivity index (χ4v) is 1.69. The molecule has 0 bridgehead atoms. The summed E-state index contributed by atoms with van der Waals surface area (Å²) in [6.07, 6.45) is 1.21. The van der Waals surface area contributed by atoms with E-state index in [0.29, 0.717) is 17.7 Å². The van der Waals surface area contributed by atoms with Crippen molar-refractivity contribution in [3.63, 3.8) is 0 Å². The van der Waals surface area contributed by atoms with Crippen LogP contribution in [0.15, 0.2) is 34.8 Å². The molecule has 2 nitrogen and oxygen atoms in total. The van der Waals surface area contributed by atoms with E-state index in [-0.39, 0.29) is 5.78 Å². The lowest BCUT2D eigenvalue weighted by Gasteiger charge is -2.04. The summed E-state index contributed by atoms with van der Waals surface area (Å²) in [5, 5.41) is 0. The van der Waals surface area contributed by atoms with Gasteiger partial charge < -0.3 is 5.73 Å². The highest BCUT2D eigenvalue weighted by Gasteiger charge is 2.09. The van der Waals surface area contributed by atoms with Crippen molar-refractivity contribution < 1.29 is 4.79 Å². The van der Waals surface area contributed by atoms with Crippen LogP contribution in [0, 0.1) is 0 Å². The Balaban J connectivity index is 2.81. The van der Waals surface area contributed by atoms with Crippen molar-refractivity contribution in [2.45, 2.75) is 19.8 Å². The largest absolute Gasteiger partial charge is 0.399 e. The van der Waals surface area contributed by atoms with Gasteiger partial charge in [-0.25, -0.2) is 0 Å². The second-order valence-electron chi connectivity index (χ2n) is 3.62. The van der Waals surface area contributed by atoms with Crippen LogP contribution in [-0.2, 0) is 0 Å². The van der Waals surface area contributed by atoms with Crippen molar-refractivity contribution >= 4 is 27.4 Å². The Kier molecular flexibility index (Phi) is 4.09. The maximum Gasteiger partial charge on any atom is 0.164 e. The molecule has 0 amide bonds. The average molecular weight is 268 g/mol. The number of benzene rings is 1. The van der Waals surface area contributed by atoms with Crippen LogP contribution in [0.3, 0.4) is 0 Å². The van der Waals surface area contributed by atoms with E-state index in [2.05, 4.69) is 22.5 Å². The fourth-order valence-electron chi connectivity index (χ4n) is 1.22. The van der Waals surface area contributed by atoms with Gasteiger partial charge in [-0.2, -0.15) is 0 Å².